The Morgan fingerprint density at radius 2 is 2.33 bits per heavy atom. The van der Waals surface area contributed by atoms with Crippen LogP contribution in [0.25, 0.3) is 0 Å². The van der Waals surface area contributed by atoms with Gasteiger partial charge in [0.2, 0.25) is 5.91 Å². The van der Waals surface area contributed by atoms with E-state index in [4.69, 9.17) is 4.74 Å². The van der Waals surface area contributed by atoms with Crippen molar-refractivity contribution in [1.82, 2.24) is 24.8 Å². The van der Waals surface area contributed by atoms with Crippen LogP contribution in [0.3, 0.4) is 0 Å². The molecule has 1 aliphatic heterocycles. The van der Waals surface area contributed by atoms with Crippen molar-refractivity contribution in [2.24, 2.45) is 7.05 Å². The Morgan fingerprint density at radius 3 is 3.04 bits per heavy atom. The zero-order chi connectivity index (χ0) is 17.1. The second kappa shape index (κ2) is 7.42. The zero-order valence-corrected chi connectivity index (χ0v) is 15.1. The minimum absolute atomic E-state index is 0.0238. The minimum Gasteiger partial charge on any atom is -0.371 e. The molecule has 0 N–H and O–H groups in total. The SMILES string of the molecule is CN(C)C(=O)COC[C@H]1CN(Cc2ccsc2)Cc2nnn(C)c21. The lowest BCUT2D eigenvalue weighted by molar-refractivity contribution is -0.133. The Labute approximate surface area is 145 Å². The Morgan fingerprint density at radius 1 is 1.50 bits per heavy atom. The number of amides is 1. The topological polar surface area (TPSA) is 63.5 Å². The minimum atomic E-state index is -0.0238. The van der Waals surface area contributed by atoms with Crippen LogP contribution in [0.4, 0.5) is 0 Å². The summed E-state index contributed by atoms with van der Waals surface area (Å²) in [5.41, 5.74) is 3.44. The number of carbonyl (C=O) groups excluding carboxylic acids is 1. The van der Waals surface area contributed by atoms with Gasteiger partial charge in [0, 0.05) is 46.7 Å². The van der Waals surface area contributed by atoms with Crippen molar-refractivity contribution in [3.8, 4) is 0 Å². The Hall–Kier alpha value is -1.77. The Balaban J connectivity index is 1.66. The van der Waals surface area contributed by atoms with Gasteiger partial charge in [-0.2, -0.15) is 11.3 Å². The maximum atomic E-state index is 11.7. The number of fused-ring (bicyclic) bond motifs is 1. The van der Waals surface area contributed by atoms with Crippen LogP contribution in [-0.4, -0.2) is 64.6 Å². The number of hydrogen-bond donors (Lipinski definition) is 0. The third-order valence-electron chi connectivity index (χ3n) is 4.21. The second-order valence-electron chi connectivity index (χ2n) is 6.35. The van der Waals surface area contributed by atoms with Crippen molar-refractivity contribution in [2.75, 3.05) is 33.9 Å². The molecule has 0 bridgehead atoms. The van der Waals surface area contributed by atoms with Gasteiger partial charge in [0.05, 0.1) is 12.3 Å². The maximum absolute atomic E-state index is 11.7. The predicted octanol–water partition coefficient (Wildman–Crippen LogP) is 1.08. The van der Waals surface area contributed by atoms with E-state index in [9.17, 15) is 4.79 Å². The molecule has 130 valence electrons. The lowest BCUT2D eigenvalue weighted by Crippen LogP contribution is -2.36. The van der Waals surface area contributed by atoms with Crippen molar-refractivity contribution in [2.45, 2.75) is 19.0 Å². The monoisotopic (exact) mass is 349 g/mol. The first-order chi connectivity index (χ1) is 11.5. The molecule has 3 heterocycles. The number of carbonyl (C=O) groups is 1. The molecule has 2 aromatic rings. The van der Waals surface area contributed by atoms with E-state index < -0.39 is 0 Å². The molecule has 1 aliphatic rings. The van der Waals surface area contributed by atoms with E-state index in [-0.39, 0.29) is 18.4 Å². The molecule has 0 spiro atoms. The van der Waals surface area contributed by atoms with E-state index in [0.717, 1.165) is 31.0 Å². The first-order valence-electron chi connectivity index (χ1n) is 7.94. The first kappa shape index (κ1) is 17.1. The normalized spacial score (nSPS) is 17.7. The maximum Gasteiger partial charge on any atom is 0.248 e. The summed E-state index contributed by atoms with van der Waals surface area (Å²) in [6.07, 6.45) is 0. The number of nitrogens with zero attached hydrogens (tertiary/aromatic N) is 5. The number of rotatable bonds is 6. The van der Waals surface area contributed by atoms with Crippen molar-refractivity contribution in [1.29, 1.82) is 0 Å². The van der Waals surface area contributed by atoms with Crippen molar-refractivity contribution >= 4 is 17.2 Å². The number of thiophene rings is 1. The number of hydrogen-bond acceptors (Lipinski definition) is 6. The summed E-state index contributed by atoms with van der Waals surface area (Å²) in [7, 11) is 5.38. The fraction of sp³-hybridized carbons (Fsp3) is 0.562. The van der Waals surface area contributed by atoms with Crippen LogP contribution in [-0.2, 0) is 29.7 Å². The molecule has 2 aromatic heterocycles. The van der Waals surface area contributed by atoms with E-state index in [2.05, 4.69) is 32.0 Å². The second-order valence-corrected chi connectivity index (χ2v) is 7.13. The van der Waals surface area contributed by atoms with Gasteiger partial charge in [-0.1, -0.05) is 5.21 Å². The van der Waals surface area contributed by atoms with Gasteiger partial charge in [-0.25, -0.2) is 0 Å². The van der Waals surface area contributed by atoms with Crippen LogP contribution in [0.2, 0.25) is 0 Å². The molecule has 0 aliphatic carbocycles. The Bertz CT molecular complexity index is 683. The number of ether oxygens (including phenoxy) is 1. The van der Waals surface area contributed by atoms with Crippen LogP contribution in [0.5, 0.6) is 0 Å². The van der Waals surface area contributed by atoms with Crippen molar-refractivity contribution < 1.29 is 9.53 Å². The molecule has 8 heteroatoms. The molecule has 7 nitrogen and oxygen atoms in total. The largest absolute Gasteiger partial charge is 0.371 e. The van der Waals surface area contributed by atoms with E-state index in [0.29, 0.717) is 6.61 Å². The number of likely N-dealkylation sites (N-methyl/N-ethyl adjacent to an activating group) is 1. The lowest BCUT2D eigenvalue weighted by atomic mass is 9.98. The summed E-state index contributed by atoms with van der Waals surface area (Å²) in [4.78, 5) is 15.6. The molecule has 0 saturated heterocycles. The van der Waals surface area contributed by atoms with E-state index in [1.54, 1.807) is 30.3 Å². The molecule has 0 radical (unpaired) electrons. The van der Waals surface area contributed by atoms with Crippen LogP contribution >= 0.6 is 11.3 Å². The van der Waals surface area contributed by atoms with Crippen molar-refractivity contribution in [3.63, 3.8) is 0 Å². The molecule has 24 heavy (non-hydrogen) atoms. The fourth-order valence-electron chi connectivity index (χ4n) is 3.00. The highest BCUT2D eigenvalue weighted by Gasteiger charge is 2.30. The molecular weight excluding hydrogens is 326 g/mol. The molecule has 0 unspecified atom stereocenters. The zero-order valence-electron chi connectivity index (χ0n) is 14.3. The van der Waals surface area contributed by atoms with E-state index in [1.165, 1.54) is 5.56 Å². The first-order valence-corrected chi connectivity index (χ1v) is 8.88. The van der Waals surface area contributed by atoms with Gasteiger partial charge in [0.25, 0.3) is 0 Å². The average molecular weight is 349 g/mol. The van der Waals surface area contributed by atoms with Gasteiger partial charge < -0.3 is 9.64 Å². The third kappa shape index (κ3) is 3.82. The smallest absolute Gasteiger partial charge is 0.248 e. The van der Waals surface area contributed by atoms with E-state index >= 15 is 0 Å². The van der Waals surface area contributed by atoms with Gasteiger partial charge in [0.15, 0.2) is 0 Å². The highest BCUT2D eigenvalue weighted by Crippen LogP contribution is 2.28. The highest BCUT2D eigenvalue weighted by molar-refractivity contribution is 7.07. The van der Waals surface area contributed by atoms with E-state index in [1.807, 2.05) is 11.7 Å². The van der Waals surface area contributed by atoms with Crippen LogP contribution in [0.1, 0.15) is 22.9 Å². The number of aryl methyl sites for hydroxylation is 1. The van der Waals surface area contributed by atoms with Gasteiger partial charge in [0.1, 0.15) is 12.3 Å². The van der Waals surface area contributed by atoms with Gasteiger partial charge >= 0.3 is 0 Å². The molecular formula is C16H23N5O2S. The van der Waals surface area contributed by atoms with Crippen LogP contribution in [0, 0.1) is 0 Å². The molecule has 1 amide bonds. The summed E-state index contributed by atoms with van der Waals surface area (Å²) in [6.45, 7) is 3.17. The average Bonchev–Trinajstić information content (AvgIpc) is 3.17. The molecule has 0 saturated carbocycles. The Kier molecular flexibility index (Phi) is 5.27. The summed E-state index contributed by atoms with van der Waals surface area (Å²) in [5.74, 6) is 0.145. The number of aromatic nitrogens is 3. The van der Waals surface area contributed by atoms with Gasteiger partial charge in [-0.05, 0) is 22.4 Å². The standard InChI is InChI=1S/C16H23N5O2S/c1-19(2)15(22)10-23-9-13-7-21(6-12-4-5-24-11-12)8-14-16(13)20(3)18-17-14/h4-5,11,13H,6-10H2,1-3H3/t13-/m1/s1. The quantitative estimate of drug-likeness (QED) is 0.781. The highest BCUT2D eigenvalue weighted by atomic mass is 32.1. The summed E-state index contributed by atoms with van der Waals surface area (Å²) < 4.78 is 7.51. The molecule has 0 aromatic carbocycles. The summed E-state index contributed by atoms with van der Waals surface area (Å²) in [5, 5.41) is 12.7. The van der Waals surface area contributed by atoms with Crippen LogP contribution in [0.15, 0.2) is 16.8 Å². The van der Waals surface area contributed by atoms with Crippen LogP contribution < -0.4 is 0 Å². The lowest BCUT2D eigenvalue weighted by Gasteiger charge is -2.32. The third-order valence-corrected chi connectivity index (χ3v) is 4.94. The molecule has 0 fully saturated rings. The summed E-state index contributed by atoms with van der Waals surface area (Å²) >= 11 is 1.71. The molecule has 1 atom stereocenters. The molecule has 3 rings (SSSR count). The van der Waals surface area contributed by atoms with Gasteiger partial charge in [-0.15, -0.1) is 5.10 Å². The van der Waals surface area contributed by atoms with Crippen molar-refractivity contribution in [3.05, 3.63) is 33.8 Å². The van der Waals surface area contributed by atoms with Gasteiger partial charge in [-0.3, -0.25) is 14.4 Å². The summed E-state index contributed by atoms with van der Waals surface area (Å²) in [6, 6.07) is 2.15. The fourth-order valence-corrected chi connectivity index (χ4v) is 3.66. The predicted molar refractivity (Wildman–Crippen MR) is 91.7 cm³/mol.